The van der Waals surface area contributed by atoms with E-state index in [2.05, 4.69) is 31.1 Å². The largest absolute Gasteiger partial charge is 0.397 e. The van der Waals surface area contributed by atoms with Gasteiger partial charge in [0.05, 0.1) is 29.6 Å². The van der Waals surface area contributed by atoms with Crippen LogP contribution < -0.4 is 11.1 Å². The summed E-state index contributed by atoms with van der Waals surface area (Å²) in [5.41, 5.74) is 6.24. The average Bonchev–Trinajstić information content (AvgIpc) is 2.25. The zero-order valence-electron chi connectivity index (χ0n) is 10.2. The summed E-state index contributed by atoms with van der Waals surface area (Å²) in [5.74, 6) is 0.787. The van der Waals surface area contributed by atoms with E-state index < -0.39 is 0 Å². The number of aromatic nitrogens is 1. The fourth-order valence-corrected chi connectivity index (χ4v) is 1.68. The molecular weight excluding hydrogens is 284 g/mol. The van der Waals surface area contributed by atoms with Crippen molar-refractivity contribution < 1.29 is 4.74 Å². The molecular formula is C11H19BrN4O. The first-order valence-electron chi connectivity index (χ1n) is 5.47. The van der Waals surface area contributed by atoms with Crippen molar-refractivity contribution in [3.63, 3.8) is 0 Å². The molecule has 0 aliphatic carbocycles. The highest BCUT2D eigenvalue weighted by atomic mass is 79.9. The summed E-state index contributed by atoms with van der Waals surface area (Å²) < 4.78 is 6.32. The Labute approximate surface area is 110 Å². The molecule has 1 rings (SSSR count). The second-order valence-electron chi connectivity index (χ2n) is 3.94. The second kappa shape index (κ2) is 7.47. The lowest BCUT2D eigenvalue weighted by atomic mass is 10.4. The van der Waals surface area contributed by atoms with Gasteiger partial charge >= 0.3 is 0 Å². The number of nitrogens with two attached hydrogens (primary N) is 1. The lowest BCUT2D eigenvalue weighted by Gasteiger charge is -2.11. The summed E-state index contributed by atoms with van der Waals surface area (Å²) in [7, 11) is 4.05. The van der Waals surface area contributed by atoms with Crippen LogP contribution in [0, 0.1) is 0 Å². The number of ether oxygens (including phenoxy) is 1. The Kier molecular flexibility index (Phi) is 6.25. The third-order valence-electron chi connectivity index (χ3n) is 2.08. The molecule has 0 fully saturated rings. The van der Waals surface area contributed by atoms with Crippen LogP contribution in [0.3, 0.4) is 0 Å². The van der Waals surface area contributed by atoms with Crippen molar-refractivity contribution in [2.24, 2.45) is 0 Å². The van der Waals surface area contributed by atoms with E-state index in [1.165, 1.54) is 0 Å². The van der Waals surface area contributed by atoms with Gasteiger partial charge in [0.15, 0.2) is 0 Å². The molecule has 0 radical (unpaired) electrons. The number of anilines is 2. The molecule has 1 aromatic rings. The van der Waals surface area contributed by atoms with Crippen LogP contribution in [-0.2, 0) is 4.74 Å². The van der Waals surface area contributed by atoms with E-state index in [0.29, 0.717) is 12.3 Å². The summed E-state index contributed by atoms with van der Waals surface area (Å²) in [6.45, 7) is 3.06. The van der Waals surface area contributed by atoms with E-state index in [1.54, 1.807) is 6.20 Å². The third kappa shape index (κ3) is 5.86. The number of pyridine rings is 1. The molecule has 0 unspecified atom stereocenters. The van der Waals surface area contributed by atoms with Gasteiger partial charge in [-0.3, -0.25) is 0 Å². The Bertz CT molecular complexity index is 346. The minimum absolute atomic E-state index is 0.643. The van der Waals surface area contributed by atoms with Crippen LogP contribution in [0.5, 0.6) is 0 Å². The maximum absolute atomic E-state index is 5.60. The average molecular weight is 303 g/mol. The van der Waals surface area contributed by atoms with E-state index >= 15 is 0 Å². The Morgan fingerprint density at radius 1 is 1.47 bits per heavy atom. The predicted molar refractivity (Wildman–Crippen MR) is 74.2 cm³/mol. The normalized spacial score (nSPS) is 10.8. The van der Waals surface area contributed by atoms with Gasteiger partial charge < -0.3 is 20.7 Å². The molecule has 0 aliphatic heterocycles. The summed E-state index contributed by atoms with van der Waals surface area (Å²) in [4.78, 5) is 6.27. The molecule has 1 heterocycles. The highest BCUT2D eigenvalue weighted by molar-refractivity contribution is 9.10. The van der Waals surface area contributed by atoms with Crippen molar-refractivity contribution in [2.75, 3.05) is 51.4 Å². The molecule has 0 aromatic carbocycles. The van der Waals surface area contributed by atoms with Crippen molar-refractivity contribution in [1.29, 1.82) is 0 Å². The standard InChI is InChI=1S/C11H19BrN4O/c1-16(2)4-6-17-5-3-14-11-10(12)7-9(13)8-15-11/h7-8H,3-6,13H2,1-2H3,(H,14,15). The lowest BCUT2D eigenvalue weighted by Crippen LogP contribution is -2.20. The van der Waals surface area contributed by atoms with Crippen LogP contribution in [0.2, 0.25) is 0 Å². The van der Waals surface area contributed by atoms with Crippen molar-refractivity contribution in [2.45, 2.75) is 0 Å². The Morgan fingerprint density at radius 2 is 2.24 bits per heavy atom. The van der Waals surface area contributed by atoms with Crippen molar-refractivity contribution in [3.8, 4) is 0 Å². The van der Waals surface area contributed by atoms with E-state index in [9.17, 15) is 0 Å². The molecule has 96 valence electrons. The third-order valence-corrected chi connectivity index (χ3v) is 2.69. The monoisotopic (exact) mass is 302 g/mol. The smallest absolute Gasteiger partial charge is 0.140 e. The van der Waals surface area contributed by atoms with Crippen LogP contribution >= 0.6 is 15.9 Å². The molecule has 0 amide bonds. The van der Waals surface area contributed by atoms with E-state index in [4.69, 9.17) is 10.5 Å². The summed E-state index contributed by atoms with van der Waals surface area (Å²) in [6.07, 6.45) is 1.62. The number of hydrogen-bond donors (Lipinski definition) is 2. The van der Waals surface area contributed by atoms with E-state index in [0.717, 1.165) is 30.0 Å². The Balaban J connectivity index is 2.18. The number of nitrogen functional groups attached to an aromatic ring is 1. The number of likely N-dealkylation sites (N-methyl/N-ethyl adjacent to an activating group) is 1. The molecule has 0 aliphatic rings. The second-order valence-corrected chi connectivity index (χ2v) is 4.80. The summed E-state index contributed by atoms with van der Waals surface area (Å²) >= 11 is 3.40. The zero-order valence-corrected chi connectivity index (χ0v) is 11.8. The minimum atomic E-state index is 0.643. The van der Waals surface area contributed by atoms with Gasteiger partial charge in [0.2, 0.25) is 0 Å². The van der Waals surface area contributed by atoms with Crippen LogP contribution in [-0.4, -0.2) is 50.3 Å². The maximum Gasteiger partial charge on any atom is 0.140 e. The predicted octanol–water partition coefficient (Wildman–Crippen LogP) is 1.42. The van der Waals surface area contributed by atoms with Crippen LogP contribution in [0.4, 0.5) is 11.5 Å². The topological polar surface area (TPSA) is 63.4 Å². The highest BCUT2D eigenvalue weighted by Gasteiger charge is 2.00. The van der Waals surface area contributed by atoms with Gasteiger partial charge in [-0.2, -0.15) is 0 Å². The number of rotatable bonds is 7. The van der Waals surface area contributed by atoms with Crippen molar-refractivity contribution in [1.82, 2.24) is 9.88 Å². The highest BCUT2D eigenvalue weighted by Crippen LogP contribution is 2.21. The molecule has 0 saturated heterocycles. The van der Waals surface area contributed by atoms with Gasteiger partial charge in [-0.25, -0.2) is 4.98 Å². The summed E-state index contributed by atoms with van der Waals surface area (Å²) in [5, 5.41) is 3.18. The maximum atomic E-state index is 5.60. The van der Waals surface area contributed by atoms with Crippen LogP contribution in [0.25, 0.3) is 0 Å². The summed E-state index contributed by atoms with van der Waals surface area (Å²) in [6, 6.07) is 1.82. The fraction of sp³-hybridized carbons (Fsp3) is 0.545. The van der Waals surface area contributed by atoms with Crippen LogP contribution in [0.1, 0.15) is 0 Å². The van der Waals surface area contributed by atoms with E-state index in [-0.39, 0.29) is 0 Å². The quantitative estimate of drug-likeness (QED) is 0.746. The number of nitrogens with one attached hydrogen (secondary N) is 1. The molecule has 17 heavy (non-hydrogen) atoms. The Morgan fingerprint density at radius 3 is 2.88 bits per heavy atom. The van der Waals surface area contributed by atoms with Gasteiger partial charge in [-0.15, -0.1) is 0 Å². The molecule has 5 nitrogen and oxygen atoms in total. The fourth-order valence-electron chi connectivity index (χ4n) is 1.17. The molecule has 1 aromatic heterocycles. The van der Waals surface area contributed by atoms with Gasteiger partial charge in [0, 0.05) is 13.1 Å². The van der Waals surface area contributed by atoms with Gasteiger partial charge in [-0.1, -0.05) is 0 Å². The van der Waals surface area contributed by atoms with E-state index in [1.807, 2.05) is 20.2 Å². The first-order chi connectivity index (χ1) is 8.09. The van der Waals surface area contributed by atoms with Crippen molar-refractivity contribution in [3.05, 3.63) is 16.7 Å². The minimum Gasteiger partial charge on any atom is -0.397 e. The van der Waals surface area contributed by atoms with Gasteiger partial charge in [0.25, 0.3) is 0 Å². The SMILES string of the molecule is CN(C)CCOCCNc1ncc(N)cc1Br. The first kappa shape index (κ1) is 14.2. The van der Waals surface area contributed by atoms with Gasteiger partial charge in [-0.05, 0) is 36.1 Å². The molecule has 3 N–H and O–H groups in total. The van der Waals surface area contributed by atoms with Gasteiger partial charge in [0.1, 0.15) is 5.82 Å². The zero-order chi connectivity index (χ0) is 12.7. The Hall–Kier alpha value is -0.850. The number of nitrogens with zero attached hydrogens (tertiary/aromatic N) is 2. The molecule has 0 spiro atoms. The molecule has 6 heteroatoms. The molecule has 0 saturated carbocycles. The first-order valence-corrected chi connectivity index (χ1v) is 6.26. The molecule has 0 atom stereocenters. The molecule has 0 bridgehead atoms. The number of halogens is 1. The van der Waals surface area contributed by atoms with Crippen molar-refractivity contribution >= 4 is 27.4 Å². The lowest BCUT2D eigenvalue weighted by molar-refractivity contribution is 0.126. The van der Waals surface area contributed by atoms with Crippen LogP contribution in [0.15, 0.2) is 16.7 Å². The number of hydrogen-bond acceptors (Lipinski definition) is 5.